The van der Waals surface area contributed by atoms with Gasteiger partial charge >= 0.3 is 0 Å². The van der Waals surface area contributed by atoms with E-state index in [1.165, 1.54) is 24.2 Å². The highest BCUT2D eigenvalue weighted by Crippen LogP contribution is 2.21. The van der Waals surface area contributed by atoms with Crippen LogP contribution in [0.15, 0.2) is 24.3 Å². The number of nitrogens with one attached hydrogen (secondary N) is 1. The first-order valence-electron chi connectivity index (χ1n) is 7.04. The molecule has 0 spiro atoms. The van der Waals surface area contributed by atoms with Crippen LogP contribution < -0.4 is 5.32 Å². The fraction of sp³-hybridized carbons (Fsp3) is 0.625. The van der Waals surface area contributed by atoms with Crippen molar-refractivity contribution < 1.29 is 0 Å². The third kappa shape index (κ3) is 4.43. The van der Waals surface area contributed by atoms with E-state index in [-0.39, 0.29) is 0 Å². The van der Waals surface area contributed by atoms with Gasteiger partial charge in [-0.25, -0.2) is 0 Å². The molecular formula is C16H26N2. The van der Waals surface area contributed by atoms with Gasteiger partial charge in [0.15, 0.2) is 0 Å². The van der Waals surface area contributed by atoms with E-state index in [2.05, 4.69) is 55.3 Å². The Labute approximate surface area is 111 Å². The molecule has 0 radical (unpaired) electrons. The summed E-state index contributed by atoms with van der Waals surface area (Å²) in [5.74, 6) is 0. The second-order valence-electron chi connectivity index (χ2n) is 6.58. The van der Waals surface area contributed by atoms with Gasteiger partial charge in [-0.3, -0.25) is 4.90 Å². The molecule has 1 fully saturated rings. The van der Waals surface area contributed by atoms with Gasteiger partial charge in [-0.05, 0) is 23.0 Å². The molecule has 0 atom stereocenters. The fourth-order valence-corrected chi connectivity index (χ4v) is 2.58. The maximum atomic E-state index is 3.40. The SMILES string of the molecule is CC(C)(C)Cc1cccc(CN2CCNCC2)c1. The van der Waals surface area contributed by atoms with Gasteiger partial charge in [-0.1, -0.05) is 45.0 Å². The zero-order chi connectivity index (χ0) is 13.0. The summed E-state index contributed by atoms with van der Waals surface area (Å²) in [6, 6.07) is 9.10. The van der Waals surface area contributed by atoms with Crippen molar-refractivity contribution in [1.82, 2.24) is 10.2 Å². The van der Waals surface area contributed by atoms with Crippen LogP contribution in [0.3, 0.4) is 0 Å². The van der Waals surface area contributed by atoms with Gasteiger partial charge in [0, 0.05) is 32.7 Å². The van der Waals surface area contributed by atoms with E-state index in [0.717, 1.165) is 26.1 Å². The Balaban J connectivity index is 1.98. The molecule has 0 aromatic heterocycles. The first-order valence-corrected chi connectivity index (χ1v) is 7.04. The summed E-state index contributed by atoms with van der Waals surface area (Å²) in [6.07, 6.45) is 1.16. The summed E-state index contributed by atoms with van der Waals surface area (Å²) in [5, 5.41) is 3.40. The predicted octanol–water partition coefficient (Wildman–Crippen LogP) is 2.68. The van der Waals surface area contributed by atoms with Gasteiger partial charge in [0.1, 0.15) is 0 Å². The van der Waals surface area contributed by atoms with Gasteiger partial charge < -0.3 is 5.32 Å². The Kier molecular flexibility index (Phi) is 4.41. The molecular weight excluding hydrogens is 220 g/mol. The second kappa shape index (κ2) is 5.85. The van der Waals surface area contributed by atoms with Crippen molar-refractivity contribution in [2.24, 2.45) is 5.41 Å². The number of hydrogen-bond donors (Lipinski definition) is 1. The van der Waals surface area contributed by atoms with E-state index in [1.54, 1.807) is 0 Å². The molecule has 2 rings (SSSR count). The summed E-state index contributed by atoms with van der Waals surface area (Å²) in [6.45, 7) is 12.6. The summed E-state index contributed by atoms with van der Waals surface area (Å²) in [5.41, 5.74) is 3.29. The Hall–Kier alpha value is -0.860. The molecule has 0 unspecified atom stereocenters. The lowest BCUT2D eigenvalue weighted by molar-refractivity contribution is 0.233. The monoisotopic (exact) mass is 246 g/mol. The molecule has 0 saturated carbocycles. The van der Waals surface area contributed by atoms with E-state index in [4.69, 9.17) is 0 Å². The number of benzene rings is 1. The van der Waals surface area contributed by atoms with Crippen LogP contribution >= 0.6 is 0 Å². The van der Waals surface area contributed by atoms with Crippen molar-refractivity contribution in [3.8, 4) is 0 Å². The molecule has 18 heavy (non-hydrogen) atoms. The first-order chi connectivity index (χ1) is 8.53. The van der Waals surface area contributed by atoms with Crippen LogP contribution in [-0.4, -0.2) is 31.1 Å². The van der Waals surface area contributed by atoms with Gasteiger partial charge in [-0.2, -0.15) is 0 Å². The summed E-state index contributed by atoms with van der Waals surface area (Å²) >= 11 is 0. The van der Waals surface area contributed by atoms with Crippen molar-refractivity contribution in [3.05, 3.63) is 35.4 Å². The highest BCUT2D eigenvalue weighted by atomic mass is 15.2. The van der Waals surface area contributed by atoms with E-state index < -0.39 is 0 Å². The van der Waals surface area contributed by atoms with E-state index >= 15 is 0 Å². The zero-order valence-electron chi connectivity index (χ0n) is 12.0. The summed E-state index contributed by atoms with van der Waals surface area (Å²) in [7, 11) is 0. The van der Waals surface area contributed by atoms with Gasteiger partial charge in [0.25, 0.3) is 0 Å². The number of nitrogens with zero attached hydrogens (tertiary/aromatic N) is 1. The third-order valence-corrected chi connectivity index (χ3v) is 3.34. The molecule has 1 aromatic carbocycles. The Morgan fingerprint density at radius 3 is 2.44 bits per heavy atom. The maximum absolute atomic E-state index is 3.40. The lowest BCUT2D eigenvalue weighted by Crippen LogP contribution is -2.42. The van der Waals surface area contributed by atoms with Crippen LogP contribution in [0.2, 0.25) is 0 Å². The van der Waals surface area contributed by atoms with Gasteiger partial charge in [-0.15, -0.1) is 0 Å². The smallest absolute Gasteiger partial charge is 0.0234 e. The highest BCUT2D eigenvalue weighted by Gasteiger charge is 2.13. The average Bonchev–Trinajstić information content (AvgIpc) is 2.28. The van der Waals surface area contributed by atoms with Crippen molar-refractivity contribution >= 4 is 0 Å². The van der Waals surface area contributed by atoms with Crippen LogP contribution in [0.4, 0.5) is 0 Å². The minimum atomic E-state index is 0.369. The summed E-state index contributed by atoms with van der Waals surface area (Å²) in [4.78, 5) is 2.53. The quantitative estimate of drug-likeness (QED) is 0.882. The standard InChI is InChI=1S/C16H26N2/c1-16(2,3)12-14-5-4-6-15(11-14)13-18-9-7-17-8-10-18/h4-6,11,17H,7-10,12-13H2,1-3H3. The molecule has 1 N–H and O–H groups in total. The average molecular weight is 246 g/mol. The molecule has 2 nitrogen and oxygen atoms in total. The van der Waals surface area contributed by atoms with E-state index in [0.29, 0.717) is 5.41 Å². The Bertz CT molecular complexity index is 373. The van der Waals surface area contributed by atoms with Crippen molar-refractivity contribution in [3.63, 3.8) is 0 Å². The molecule has 1 heterocycles. The minimum Gasteiger partial charge on any atom is -0.314 e. The molecule has 1 saturated heterocycles. The van der Waals surface area contributed by atoms with Crippen molar-refractivity contribution in [2.45, 2.75) is 33.7 Å². The molecule has 0 aliphatic carbocycles. The second-order valence-corrected chi connectivity index (χ2v) is 6.58. The van der Waals surface area contributed by atoms with Gasteiger partial charge in [0.05, 0.1) is 0 Å². The molecule has 0 bridgehead atoms. The predicted molar refractivity (Wildman–Crippen MR) is 77.7 cm³/mol. The maximum Gasteiger partial charge on any atom is 0.0234 e. The third-order valence-electron chi connectivity index (χ3n) is 3.34. The molecule has 100 valence electrons. The topological polar surface area (TPSA) is 15.3 Å². The number of hydrogen-bond acceptors (Lipinski definition) is 2. The number of rotatable bonds is 3. The molecule has 0 amide bonds. The minimum absolute atomic E-state index is 0.369. The van der Waals surface area contributed by atoms with Gasteiger partial charge in [0.2, 0.25) is 0 Å². The van der Waals surface area contributed by atoms with Crippen LogP contribution in [-0.2, 0) is 13.0 Å². The normalized spacial score (nSPS) is 17.9. The van der Waals surface area contributed by atoms with Crippen LogP contribution in [0, 0.1) is 5.41 Å². The number of piperazine rings is 1. The van der Waals surface area contributed by atoms with Crippen LogP contribution in [0.25, 0.3) is 0 Å². The van der Waals surface area contributed by atoms with E-state index in [1.807, 2.05) is 0 Å². The largest absolute Gasteiger partial charge is 0.314 e. The molecule has 2 heteroatoms. The Morgan fingerprint density at radius 1 is 1.11 bits per heavy atom. The molecule has 1 aliphatic rings. The van der Waals surface area contributed by atoms with Crippen LogP contribution in [0.5, 0.6) is 0 Å². The van der Waals surface area contributed by atoms with E-state index in [9.17, 15) is 0 Å². The lowest BCUT2D eigenvalue weighted by Gasteiger charge is -2.27. The Morgan fingerprint density at radius 2 is 1.78 bits per heavy atom. The fourth-order valence-electron chi connectivity index (χ4n) is 2.58. The summed E-state index contributed by atoms with van der Waals surface area (Å²) < 4.78 is 0. The highest BCUT2D eigenvalue weighted by molar-refractivity contribution is 5.24. The lowest BCUT2D eigenvalue weighted by atomic mass is 9.88. The molecule has 1 aromatic rings. The van der Waals surface area contributed by atoms with Crippen molar-refractivity contribution in [1.29, 1.82) is 0 Å². The zero-order valence-corrected chi connectivity index (χ0v) is 12.0. The first kappa shape index (κ1) is 13.6. The van der Waals surface area contributed by atoms with Crippen molar-refractivity contribution in [2.75, 3.05) is 26.2 Å². The van der Waals surface area contributed by atoms with Crippen LogP contribution in [0.1, 0.15) is 31.9 Å². The molecule has 1 aliphatic heterocycles.